The molecule has 3 aliphatic rings. The maximum Gasteiger partial charge on any atom is 0.325 e. The fourth-order valence-electron chi connectivity index (χ4n) is 4.17. The molecule has 0 bridgehead atoms. The number of urea groups is 1. The van der Waals surface area contributed by atoms with Crippen LogP contribution in [0.2, 0.25) is 0 Å². The summed E-state index contributed by atoms with van der Waals surface area (Å²) in [7, 11) is 0. The molecule has 0 radical (unpaired) electrons. The SMILES string of the molecule is C[C@H]1CCCN(C(=O)CN2C(=O)N[C@@]3(CCOc4ccccc43)C2=O)C1. The molecule has 4 amide bonds. The van der Waals surface area contributed by atoms with Gasteiger partial charge in [0.15, 0.2) is 5.54 Å². The molecular formula is C19H23N3O4. The van der Waals surface area contributed by atoms with Crippen molar-refractivity contribution in [3.05, 3.63) is 29.8 Å². The number of carbonyl (C=O) groups excluding carboxylic acids is 3. The summed E-state index contributed by atoms with van der Waals surface area (Å²) < 4.78 is 5.62. The van der Waals surface area contributed by atoms with Gasteiger partial charge in [-0.1, -0.05) is 25.1 Å². The van der Waals surface area contributed by atoms with Crippen LogP contribution < -0.4 is 10.1 Å². The Balaban J connectivity index is 1.56. The Hall–Kier alpha value is -2.57. The molecule has 3 aliphatic heterocycles. The van der Waals surface area contributed by atoms with E-state index >= 15 is 0 Å². The van der Waals surface area contributed by atoms with E-state index in [-0.39, 0.29) is 18.4 Å². The molecule has 0 unspecified atom stereocenters. The highest BCUT2D eigenvalue weighted by molar-refractivity contribution is 6.09. The molecule has 0 saturated carbocycles. The molecule has 1 aromatic carbocycles. The van der Waals surface area contributed by atoms with Gasteiger partial charge in [0, 0.05) is 25.1 Å². The van der Waals surface area contributed by atoms with Crippen LogP contribution in [0.25, 0.3) is 0 Å². The second kappa shape index (κ2) is 6.30. The number of rotatable bonds is 2. The van der Waals surface area contributed by atoms with E-state index in [4.69, 9.17) is 4.74 Å². The second-order valence-corrected chi connectivity index (χ2v) is 7.41. The number of imide groups is 1. The zero-order chi connectivity index (χ0) is 18.3. The van der Waals surface area contributed by atoms with Crippen molar-refractivity contribution in [1.29, 1.82) is 0 Å². The largest absolute Gasteiger partial charge is 0.493 e. The number of hydrogen-bond donors (Lipinski definition) is 1. The first-order valence-electron chi connectivity index (χ1n) is 9.15. The zero-order valence-electron chi connectivity index (χ0n) is 14.9. The number of amides is 4. The molecule has 1 N–H and O–H groups in total. The van der Waals surface area contributed by atoms with E-state index in [0.717, 1.165) is 17.7 Å². The number of piperidine rings is 1. The van der Waals surface area contributed by atoms with Gasteiger partial charge in [-0.3, -0.25) is 14.5 Å². The van der Waals surface area contributed by atoms with Crippen LogP contribution in [0.1, 0.15) is 31.7 Å². The van der Waals surface area contributed by atoms with Crippen molar-refractivity contribution < 1.29 is 19.1 Å². The van der Waals surface area contributed by atoms with E-state index in [2.05, 4.69) is 12.2 Å². The van der Waals surface area contributed by atoms with Gasteiger partial charge >= 0.3 is 6.03 Å². The summed E-state index contributed by atoms with van der Waals surface area (Å²) in [6.07, 6.45) is 2.43. The molecule has 3 heterocycles. The third-order valence-electron chi connectivity index (χ3n) is 5.56. The van der Waals surface area contributed by atoms with Crippen LogP contribution in [0, 0.1) is 5.92 Å². The van der Waals surface area contributed by atoms with Crippen molar-refractivity contribution in [1.82, 2.24) is 15.1 Å². The van der Waals surface area contributed by atoms with Gasteiger partial charge in [-0.15, -0.1) is 0 Å². The van der Waals surface area contributed by atoms with Crippen LogP contribution in [0.3, 0.4) is 0 Å². The number of carbonyl (C=O) groups is 3. The lowest BCUT2D eigenvalue weighted by atomic mass is 9.84. The van der Waals surface area contributed by atoms with Gasteiger partial charge in [0.1, 0.15) is 12.3 Å². The van der Waals surface area contributed by atoms with E-state index < -0.39 is 11.6 Å². The van der Waals surface area contributed by atoms with Crippen LogP contribution in [0.15, 0.2) is 24.3 Å². The summed E-state index contributed by atoms with van der Waals surface area (Å²) in [6.45, 7) is 3.62. The highest BCUT2D eigenvalue weighted by Crippen LogP contribution is 2.40. The number of nitrogens with zero attached hydrogens (tertiary/aromatic N) is 2. The minimum atomic E-state index is -1.12. The molecular weight excluding hydrogens is 334 g/mol. The van der Waals surface area contributed by atoms with Gasteiger partial charge in [0.25, 0.3) is 5.91 Å². The molecule has 1 spiro atoms. The average Bonchev–Trinajstić information content (AvgIpc) is 2.87. The minimum absolute atomic E-state index is 0.169. The van der Waals surface area contributed by atoms with Crippen molar-refractivity contribution in [2.75, 3.05) is 26.2 Å². The number of nitrogens with one attached hydrogen (secondary N) is 1. The van der Waals surface area contributed by atoms with Gasteiger partial charge < -0.3 is 15.0 Å². The van der Waals surface area contributed by atoms with Gasteiger partial charge in [0.05, 0.1) is 6.61 Å². The molecule has 7 nitrogen and oxygen atoms in total. The minimum Gasteiger partial charge on any atom is -0.493 e. The van der Waals surface area contributed by atoms with Gasteiger partial charge in [-0.05, 0) is 24.8 Å². The Morgan fingerprint density at radius 3 is 2.96 bits per heavy atom. The number of para-hydroxylation sites is 1. The van der Waals surface area contributed by atoms with Crippen molar-refractivity contribution in [3.8, 4) is 5.75 Å². The van der Waals surface area contributed by atoms with E-state index in [1.54, 1.807) is 17.0 Å². The Labute approximate surface area is 152 Å². The lowest BCUT2D eigenvalue weighted by Crippen LogP contribution is -2.49. The van der Waals surface area contributed by atoms with Crippen LogP contribution in [-0.4, -0.2) is 53.9 Å². The summed E-state index contributed by atoms with van der Waals surface area (Å²) in [5.74, 6) is 0.518. The highest BCUT2D eigenvalue weighted by Gasteiger charge is 2.55. The number of hydrogen-bond acceptors (Lipinski definition) is 4. The monoisotopic (exact) mass is 357 g/mol. The van der Waals surface area contributed by atoms with Gasteiger partial charge in [0.2, 0.25) is 5.91 Å². The summed E-state index contributed by atoms with van der Waals surface area (Å²) in [6, 6.07) is 6.73. The summed E-state index contributed by atoms with van der Waals surface area (Å²) in [5.41, 5.74) is -0.465. The molecule has 2 saturated heterocycles. The molecule has 7 heteroatoms. The predicted molar refractivity (Wildman–Crippen MR) is 93.5 cm³/mol. The quantitative estimate of drug-likeness (QED) is 0.813. The molecule has 4 rings (SSSR count). The Morgan fingerprint density at radius 1 is 1.35 bits per heavy atom. The van der Waals surface area contributed by atoms with Gasteiger partial charge in [-0.2, -0.15) is 0 Å². The maximum atomic E-state index is 13.2. The second-order valence-electron chi connectivity index (χ2n) is 7.41. The zero-order valence-corrected chi connectivity index (χ0v) is 14.9. The Bertz CT molecular complexity index is 765. The predicted octanol–water partition coefficient (Wildman–Crippen LogP) is 1.47. The number of likely N-dealkylation sites (tertiary alicyclic amines) is 1. The first kappa shape index (κ1) is 16.9. The number of fused-ring (bicyclic) bond motifs is 2. The van der Waals surface area contributed by atoms with Crippen LogP contribution in [-0.2, 0) is 15.1 Å². The molecule has 2 fully saturated rings. The molecule has 2 atom stereocenters. The van der Waals surface area contributed by atoms with Crippen LogP contribution in [0.5, 0.6) is 5.75 Å². The summed E-state index contributed by atoms with van der Waals surface area (Å²) >= 11 is 0. The molecule has 1 aromatic rings. The average molecular weight is 357 g/mol. The molecule has 26 heavy (non-hydrogen) atoms. The van der Waals surface area contributed by atoms with E-state index in [9.17, 15) is 14.4 Å². The van der Waals surface area contributed by atoms with E-state index in [1.807, 2.05) is 12.1 Å². The number of benzene rings is 1. The lowest BCUT2D eigenvalue weighted by Gasteiger charge is -2.33. The van der Waals surface area contributed by atoms with Crippen molar-refractivity contribution in [3.63, 3.8) is 0 Å². The summed E-state index contributed by atoms with van der Waals surface area (Å²) in [5, 5.41) is 2.83. The van der Waals surface area contributed by atoms with Crippen molar-refractivity contribution in [2.45, 2.75) is 31.7 Å². The fourth-order valence-corrected chi connectivity index (χ4v) is 4.17. The van der Waals surface area contributed by atoms with Crippen molar-refractivity contribution >= 4 is 17.8 Å². The van der Waals surface area contributed by atoms with E-state index in [1.165, 1.54) is 0 Å². The topological polar surface area (TPSA) is 79.0 Å². The molecule has 0 aromatic heterocycles. The fraction of sp³-hybridized carbons (Fsp3) is 0.526. The Morgan fingerprint density at radius 2 is 2.15 bits per heavy atom. The standard InChI is InChI=1S/C19H23N3O4/c1-13-5-4-9-21(11-13)16(23)12-22-17(24)19(20-18(22)25)8-10-26-15-7-3-2-6-14(15)19/h2-3,6-7,13H,4-5,8-12H2,1H3,(H,20,25)/t13-,19+/m0/s1. The van der Waals surface area contributed by atoms with Crippen LogP contribution >= 0.6 is 0 Å². The number of ether oxygens (including phenoxy) is 1. The molecule has 138 valence electrons. The van der Waals surface area contributed by atoms with E-state index in [0.29, 0.717) is 43.3 Å². The third-order valence-corrected chi connectivity index (χ3v) is 5.56. The van der Waals surface area contributed by atoms with Gasteiger partial charge in [-0.25, -0.2) is 4.79 Å². The van der Waals surface area contributed by atoms with Crippen molar-refractivity contribution in [2.24, 2.45) is 5.92 Å². The Kier molecular flexibility index (Phi) is 4.09. The van der Waals surface area contributed by atoms with Crippen LogP contribution in [0.4, 0.5) is 4.79 Å². The lowest BCUT2D eigenvalue weighted by molar-refractivity contribution is -0.140. The third kappa shape index (κ3) is 2.62. The normalized spacial score (nSPS) is 28.0. The molecule has 0 aliphatic carbocycles. The smallest absolute Gasteiger partial charge is 0.325 e. The first-order valence-corrected chi connectivity index (χ1v) is 9.15. The maximum absolute atomic E-state index is 13.2. The highest BCUT2D eigenvalue weighted by atomic mass is 16.5. The first-order chi connectivity index (χ1) is 12.5. The summed E-state index contributed by atoms with van der Waals surface area (Å²) in [4.78, 5) is 41.1.